The van der Waals surface area contributed by atoms with Gasteiger partial charge in [0, 0.05) is 38.2 Å². The fraction of sp³-hybridized carbons (Fsp3) is 0. The summed E-state index contributed by atoms with van der Waals surface area (Å²) in [5.74, 6) is 1.39. The third-order valence-corrected chi connectivity index (χ3v) is 10.2. The van der Waals surface area contributed by atoms with Crippen molar-refractivity contribution in [2.45, 2.75) is 0 Å². The first-order valence-corrected chi connectivity index (χ1v) is 17.6. The van der Waals surface area contributed by atoms with E-state index in [-0.39, 0.29) is 27.3 Å². The fourth-order valence-corrected chi connectivity index (χ4v) is 7.43. The second-order valence-corrected chi connectivity index (χ2v) is 13.5. The van der Waals surface area contributed by atoms with Crippen LogP contribution in [0.3, 0.4) is 0 Å². The van der Waals surface area contributed by atoms with Crippen LogP contribution in [0.2, 0.25) is 0 Å². The standard InChI is InChI=1S/C45H22B5N3O2/c46-36-35(37(47)39(49)40(50)38(36)48)25-11-6-12-26(21-25)44-51-43(23-9-2-1-3-10-23)52-45(53-44)31-17-8-16-30-32-22-24(19-20-34(32)55-42(30)31)27-14-7-15-29-28-13-4-5-18-33(28)54-41(27)29/h1-22H. The van der Waals surface area contributed by atoms with Gasteiger partial charge in [0.1, 0.15) is 61.6 Å². The highest BCUT2D eigenvalue weighted by atomic mass is 16.3. The van der Waals surface area contributed by atoms with Gasteiger partial charge in [-0.25, -0.2) is 15.0 Å². The van der Waals surface area contributed by atoms with Crippen LogP contribution in [0.15, 0.2) is 142 Å². The molecule has 55 heavy (non-hydrogen) atoms. The molecule has 7 aromatic carbocycles. The van der Waals surface area contributed by atoms with E-state index in [1.807, 2.05) is 91.0 Å². The molecule has 10 radical (unpaired) electrons. The third kappa shape index (κ3) is 5.35. The molecule has 10 heteroatoms. The van der Waals surface area contributed by atoms with Crippen LogP contribution < -0.4 is 27.3 Å². The highest BCUT2D eigenvalue weighted by molar-refractivity contribution is 6.68. The highest BCUT2D eigenvalue weighted by Crippen LogP contribution is 2.40. The minimum atomic E-state index is 0.157. The van der Waals surface area contributed by atoms with E-state index >= 15 is 0 Å². The summed E-state index contributed by atoms with van der Waals surface area (Å²) in [5.41, 5.74) is 9.57. The van der Waals surface area contributed by atoms with Gasteiger partial charge >= 0.3 is 0 Å². The number of hydrogen-bond acceptors (Lipinski definition) is 5. The number of nitrogens with zero attached hydrogens (tertiary/aromatic N) is 3. The smallest absolute Gasteiger partial charge is 0.167 e. The average molecular weight is 691 g/mol. The Morgan fingerprint density at radius 2 is 0.873 bits per heavy atom. The van der Waals surface area contributed by atoms with Gasteiger partial charge in [0.25, 0.3) is 0 Å². The van der Waals surface area contributed by atoms with E-state index in [1.165, 1.54) is 0 Å². The largest absolute Gasteiger partial charge is 0.455 e. The molecule has 0 aliphatic carbocycles. The van der Waals surface area contributed by atoms with E-state index in [1.54, 1.807) is 0 Å². The van der Waals surface area contributed by atoms with Crippen LogP contribution in [-0.2, 0) is 0 Å². The Bertz CT molecular complexity index is 3150. The van der Waals surface area contributed by atoms with E-state index in [2.05, 4.69) is 42.5 Å². The number of fused-ring (bicyclic) bond motifs is 6. The molecule has 0 aliphatic heterocycles. The highest BCUT2D eigenvalue weighted by Gasteiger charge is 2.20. The van der Waals surface area contributed by atoms with Crippen LogP contribution in [0.4, 0.5) is 0 Å². The summed E-state index contributed by atoms with van der Waals surface area (Å²) >= 11 is 0. The Morgan fingerprint density at radius 3 is 1.64 bits per heavy atom. The number of hydrogen-bond donors (Lipinski definition) is 0. The fourth-order valence-electron chi connectivity index (χ4n) is 7.43. The van der Waals surface area contributed by atoms with Gasteiger partial charge in [0.2, 0.25) is 0 Å². The van der Waals surface area contributed by atoms with Crippen molar-refractivity contribution in [2.24, 2.45) is 0 Å². The lowest BCUT2D eigenvalue weighted by molar-refractivity contribution is 0.668. The van der Waals surface area contributed by atoms with Gasteiger partial charge < -0.3 is 8.83 Å². The molecule has 10 rings (SSSR count). The lowest BCUT2D eigenvalue weighted by atomic mass is 9.59. The van der Waals surface area contributed by atoms with E-state index in [9.17, 15) is 0 Å². The molecule has 0 saturated carbocycles. The summed E-state index contributed by atoms with van der Waals surface area (Å²) in [6, 6.07) is 43.9. The lowest BCUT2D eigenvalue weighted by Gasteiger charge is -2.21. The number of furan rings is 2. The van der Waals surface area contributed by atoms with Gasteiger partial charge in [-0.05, 0) is 47.0 Å². The summed E-state index contributed by atoms with van der Waals surface area (Å²) in [4.78, 5) is 15.0. The van der Waals surface area contributed by atoms with Crippen LogP contribution in [0.25, 0.3) is 100 Å². The predicted molar refractivity (Wildman–Crippen MR) is 229 cm³/mol. The maximum Gasteiger partial charge on any atom is 0.167 e. The van der Waals surface area contributed by atoms with Crippen LogP contribution in [-0.4, -0.2) is 54.2 Å². The molecule has 3 heterocycles. The first-order valence-electron chi connectivity index (χ1n) is 17.6. The predicted octanol–water partition coefficient (Wildman–Crippen LogP) is 5.97. The van der Waals surface area contributed by atoms with Crippen molar-refractivity contribution in [3.8, 4) is 56.4 Å². The second-order valence-electron chi connectivity index (χ2n) is 13.5. The van der Waals surface area contributed by atoms with Gasteiger partial charge in [-0.3, -0.25) is 0 Å². The molecule has 244 valence electrons. The molecule has 3 aromatic heterocycles. The zero-order valence-corrected chi connectivity index (χ0v) is 29.2. The zero-order valence-electron chi connectivity index (χ0n) is 29.2. The van der Waals surface area contributed by atoms with Crippen LogP contribution in [0.5, 0.6) is 0 Å². The first-order chi connectivity index (χ1) is 26.8. The molecular formula is C45H22B5N3O2. The van der Waals surface area contributed by atoms with Gasteiger partial charge in [0.05, 0.1) is 5.56 Å². The normalized spacial score (nSPS) is 11.6. The molecule has 0 saturated heterocycles. The Balaban J connectivity index is 1.14. The van der Waals surface area contributed by atoms with Crippen LogP contribution in [0, 0.1) is 0 Å². The first kappa shape index (κ1) is 33.1. The number of para-hydroxylation sites is 3. The quantitative estimate of drug-likeness (QED) is 0.208. The number of aromatic nitrogens is 3. The van der Waals surface area contributed by atoms with Gasteiger partial charge in [-0.15, -0.1) is 16.4 Å². The molecule has 5 nitrogen and oxygen atoms in total. The average Bonchev–Trinajstić information content (AvgIpc) is 3.81. The van der Waals surface area contributed by atoms with Crippen molar-refractivity contribution in [1.82, 2.24) is 15.0 Å². The van der Waals surface area contributed by atoms with Crippen molar-refractivity contribution >= 4 is 110 Å². The lowest BCUT2D eigenvalue weighted by Crippen LogP contribution is -2.55. The van der Waals surface area contributed by atoms with Crippen LogP contribution in [0.1, 0.15) is 0 Å². The van der Waals surface area contributed by atoms with Gasteiger partial charge in [0.15, 0.2) is 17.5 Å². The summed E-state index contributed by atoms with van der Waals surface area (Å²) < 4.78 is 13.0. The maximum absolute atomic E-state index is 6.61. The monoisotopic (exact) mass is 691 g/mol. The van der Waals surface area contributed by atoms with Crippen molar-refractivity contribution in [3.05, 3.63) is 133 Å². The third-order valence-electron chi connectivity index (χ3n) is 10.2. The number of rotatable bonds is 5. The number of benzene rings is 7. The Labute approximate surface area is 322 Å². The SMILES string of the molecule is [B]c1c([B])c([B])c(-c2cccc(-c3nc(-c4ccccc4)nc(-c4cccc5c4oc4ccc(-c6cccc7c6oc6ccccc67)cc45)n3)c2)c([B])c1[B]. The van der Waals surface area contributed by atoms with E-state index in [0.29, 0.717) is 39.7 Å². The van der Waals surface area contributed by atoms with Crippen molar-refractivity contribution in [2.75, 3.05) is 0 Å². The van der Waals surface area contributed by atoms with Crippen molar-refractivity contribution in [1.29, 1.82) is 0 Å². The van der Waals surface area contributed by atoms with Gasteiger partial charge in [-0.1, -0.05) is 114 Å². The minimum Gasteiger partial charge on any atom is -0.455 e. The summed E-state index contributed by atoms with van der Waals surface area (Å²) in [5, 5.41) is 4.06. The minimum absolute atomic E-state index is 0.157. The Morgan fingerprint density at radius 1 is 0.345 bits per heavy atom. The van der Waals surface area contributed by atoms with E-state index < -0.39 is 0 Å². The molecule has 0 fully saturated rings. The van der Waals surface area contributed by atoms with E-state index in [0.717, 1.165) is 60.5 Å². The van der Waals surface area contributed by atoms with Crippen molar-refractivity contribution in [3.63, 3.8) is 0 Å². The van der Waals surface area contributed by atoms with Crippen molar-refractivity contribution < 1.29 is 8.83 Å². The Kier molecular flexibility index (Phi) is 7.70. The molecule has 0 amide bonds. The molecular weight excluding hydrogens is 669 g/mol. The summed E-state index contributed by atoms with van der Waals surface area (Å²) in [6.45, 7) is 0. The molecule has 0 bridgehead atoms. The van der Waals surface area contributed by atoms with Crippen LogP contribution >= 0.6 is 0 Å². The molecule has 0 spiro atoms. The molecule has 10 aromatic rings. The maximum atomic E-state index is 6.61. The molecule has 0 atom stereocenters. The second kappa shape index (κ2) is 12.8. The van der Waals surface area contributed by atoms with Gasteiger partial charge in [-0.2, -0.15) is 0 Å². The molecule has 0 aliphatic rings. The van der Waals surface area contributed by atoms with E-state index in [4.69, 9.17) is 63.0 Å². The Hall–Kier alpha value is -6.53. The topological polar surface area (TPSA) is 65.0 Å². The zero-order chi connectivity index (χ0) is 37.4. The molecule has 0 N–H and O–H groups in total. The summed E-state index contributed by atoms with van der Waals surface area (Å²) in [7, 11) is 31.4. The molecule has 0 unspecified atom stereocenters. The summed E-state index contributed by atoms with van der Waals surface area (Å²) in [6.07, 6.45) is 0.